The summed E-state index contributed by atoms with van der Waals surface area (Å²) in [4.78, 5) is 15.2. The molecule has 0 atom stereocenters. The van der Waals surface area contributed by atoms with Gasteiger partial charge in [0.1, 0.15) is 6.33 Å². The van der Waals surface area contributed by atoms with Gasteiger partial charge in [-0.05, 0) is 6.42 Å². The first-order valence-corrected chi connectivity index (χ1v) is 5.85. The van der Waals surface area contributed by atoms with Crippen molar-refractivity contribution in [1.82, 2.24) is 14.8 Å². The Morgan fingerprint density at radius 3 is 3.07 bits per heavy atom. The van der Waals surface area contributed by atoms with Crippen LogP contribution in [0.5, 0.6) is 0 Å². The number of ether oxygens (including phenoxy) is 1. The van der Waals surface area contributed by atoms with Crippen LogP contribution < -0.4 is 0 Å². The summed E-state index contributed by atoms with van der Waals surface area (Å²) in [6.45, 7) is 2.57. The van der Waals surface area contributed by atoms with E-state index < -0.39 is 0 Å². The Labute approximate surface area is 93.2 Å². The molecule has 0 aliphatic heterocycles. The van der Waals surface area contributed by atoms with Crippen LogP contribution in [0.3, 0.4) is 0 Å². The van der Waals surface area contributed by atoms with Gasteiger partial charge < -0.3 is 4.74 Å². The second-order valence-corrected chi connectivity index (χ2v) is 3.97. The van der Waals surface area contributed by atoms with Crippen molar-refractivity contribution >= 4 is 17.7 Å². The number of hydrogen-bond donors (Lipinski definition) is 0. The number of carbonyl (C=O) groups excluding carboxylic acids is 1. The first-order valence-electron chi connectivity index (χ1n) is 4.86. The summed E-state index contributed by atoms with van der Waals surface area (Å²) in [6, 6.07) is 0. The summed E-state index contributed by atoms with van der Waals surface area (Å²) in [5.41, 5.74) is 0. The van der Waals surface area contributed by atoms with E-state index in [2.05, 4.69) is 17.0 Å². The standard InChI is InChI=1S/C9H15N3O2S/c1-3-4-5-14-8(13)6-15-9-10-7-11-12(9)2/h7H,3-6H2,1-2H3. The van der Waals surface area contributed by atoms with E-state index in [4.69, 9.17) is 4.74 Å². The average molecular weight is 229 g/mol. The van der Waals surface area contributed by atoms with Crippen LogP contribution in [0.2, 0.25) is 0 Å². The molecule has 0 aliphatic carbocycles. The molecule has 0 fully saturated rings. The monoisotopic (exact) mass is 229 g/mol. The maximum Gasteiger partial charge on any atom is 0.316 e. The van der Waals surface area contributed by atoms with E-state index in [9.17, 15) is 4.79 Å². The zero-order valence-corrected chi connectivity index (χ0v) is 9.79. The third-order valence-electron chi connectivity index (χ3n) is 1.75. The minimum atomic E-state index is -0.198. The topological polar surface area (TPSA) is 57.0 Å². The molecule has 0 saturated carbocycles. The number of aryl methyl sites for hydroxylation is 1. The summed E-state index contributed by atoms with van der Waals surface area (Å²) in [6.07, 6.45) is 3.41. The number of carbonyl (C=O) groups is 1. The third kappa shape index (κ3) is 4.33. The molecule has 5 nitrogen and oxygen atoms in total. The molecule has 0 N–H and O–H groups in total. The molecule has 0 aliphatic rings. The highest BCUT2D eigenvalue weighted by molar-refractivity contribution is 7.99. The number of unbranched alkanes of at least 4 members (excludes halogenated alkanes) is 1. The van der Waals surface area contributed by atoms with E-state index in [1.165, 1.54) is 18.1 Å². The lowest BCUT2D eigenvalue weighted by Gasteiger charge is -2.02. The van der Waals surface area contributed by atoms with Gasteiger partial charge in [0, 0.05) is 7.05 Å². The molecule has 0 radical (unpaired) electrons. The quantitative estimate of drug-likeness (QED) is 0.417. The Bertz CT molecular complexity index is 314. The smallest absolute Gasteiger partial charge is 0.316 e. The first-order chi connectivity index (χ1) is 7.24. The van der Waals surface area contributed by atoms with Crippen LogP contribution in [-0.4, -0.2) is 33.1 Å². The fraction of sp³-hybridized carbons (Fsp3) is 0.667. The second kappa shape index (κ2) is 6.44. The molecule has 84 valence electrons. The van der Waals surface area contributed by atoms with Gasteiger partial charge in [-0.1, -0.05) is 25.1 Å². The largest absolute Gasteiger partial charge is 0.465 e. The Balaban J connectivity index is 2.20. The molecule has 0 amide bonds. The van der Waals surface area contributed by atoms with Gasteiger partial charge in [0.25, 0.3) is 0 Å². The molecule has 6 heteroatoms. The van der Waals surface area contributed by atoms with Gasteiger partial charge in [-0.25, -0.2) is 9.67 Å². The van der Waals surface area contributed by atoms with Crippen molar-refractivity contribution in [2.75, 3.05) is 12.4 Å². The van der Waals surface area contributed by atoms with Crippen molar-refractivity contribution in [3.63, 3.8) is 0 Å². The highest BCUT2D eigenvalue weighted by Gasteiger charge is 2.07. The van der Waals surface area contributed by atoms with E-state index in [0.29, 0.717) is 6.61 Å². The molecule has 1 aromatic rings. The van der Waals surface area contributed by atoms with Crippen LogP contribution in [0.1, 0.15) is 19.8 Å². The van der Waals surface area contributed by atoms with Crippen LogP contribution in [-0.2, 0) is 16.6 Å². The fourth-order valence-corrected chi connectivity index (χ4v) is 1.60. The maximum atomic E-state index is 11.2. The molecule has 0 aromatic carbocycles. The normalized spacial score (nSPS) is 10.3. The van der Waals surface area contributed by atoms with Crippen molar-refractivity contribution in [3.05, 3.63) is 6.33 Å². The van der Waals surface area contributed by atoms with Gasteiger partial charge in [0.2, 0.25) is 0 Å². The Kier molecular flexibility index (Phi) is 5.17. The van der Waals surface area contributed by atoms with Crippen molar-refractivity contribution in [2.24, 2.45) is 7.05 Å². The van der Waals surface area contributed by atoms with Gasteiger partial charge in [-0.2, -0.15) is 5.10 Å². The fourth-order valence-electron chi connectivity index (χ4n) is 0.912. The number of rotatable bonds is 6. The summed E-state index contributed by atoms with van der Waals surface area (Å²) in [5, 5.41) is 4.63. The molecular formula is C9H15N3O2S. The SMILES string of the molecule is CCCCOC(=O)CSc1ncnn1C. The molecule has 0 spiro atoms. The lowest BCUT2D eigenvalue weighted by atomic mass is 10.4. The van der Waals surface area contributed by atoms with E-state index in [1.807, 2.05) is 0 Å². The van der Waals surface area contributed by atoms with Crippen molar-refractivity contribution in [1.29, 1.82) is 0 Å². The first kappa shape index (κ1) is 12.0. The summed E-state index contributed by atoms with van der Waals surface area (Å²) in [7, 11) is 1.79. The van der Waals surface area contributed by atoms with Crippen LogP contribution in [0.15, 0.2) is 11.5 Å². The zero-order chi connectivity index (χ0) is 11.1. The Hall–Kier alpha value is -1.04. The number of thioether (sulfide) groups is 1. The molecule has 0 saturated heterocycles. The van der Waals surface area contributed by atoms with Crippen molar-refractivity contribution in [3.8, 4) is 0 Å². The molecule has 0 bridgehead atoms. The van der Waals surface area contributed by atoms with Crippen LogP contribution in [0.25, 0.3) is 0 Å². The van der Waals surface area contributed by atoms with Gasteiger partial charge in [0.15, 0.2) is 5.16 Å². The average Bonchev–Trinajstić information content (AvgIpc) is 2.61. The summed E-state index contributed by atoms with van der Waals surface area (Å²) in [5.74, 6) is 0.0902. The predicted octanol–water partition coefficient (Wildman–Crippen LogP) is 1.25. The maximum absolute atomic E-state index is 11.2. The van der Waals surface area contributed by atoms with Crippen molar-refractivity contribution in [2.45, 2.75) is 24.9 Å². The second-order valence-electron chi connectivity index (χ2n) is 3.03. The lowest BCUT2D eigenvalue weighted by molar-refractivity contribution is -0.140. The Morgan fingerprint density at radius 2 is 2.47 bits per heavy atom. The number of esters is 1. The highest BCUT2D eigenvalue weighted by atomic mass is 32.2. The summed E-state index contributed by atoms with van der Waals surface area (Å²) >= 11 is 1.33. The Morgan fingerprint density at radius 1 is 1.67 bits per heavy atom. The molecule has 15 heavy (non-hydrogen) atoms. The highest BCUT2D eigenvalue weighted by Crippen LogP contribution is 2.12. The number of hydrogen-bond acceptors (Lipinski definition) is 5. The van der Waals surface area contributed by atoms with Crippen LogP contribution >= 0.6 is 11.8 Å². The van der Waals surface area contributed by atoms with Crippen molar-refractivity contribution < 1.29 is 9.53 Å². The lowest BCUT2D eigenvalue weighted by Crippen LogP contribution is -2.09. The molecule has 1 aromatic heterocycles. The van der Waals surface area contributed by atoms with E-state index in [1.54, 1.807) is 11.7 Å². The third-order valence-corrected chi connectivity index (χ3v) is 2.76. The zero-order valence-electron chi connectivity index (χ0n) is 8.97. The van der Waals surface area contributed by atoms with Crippen LogP contribution in [0.4, 0.5) is 0 Å². The van der Waals surface area contributed by atoms with E-state index >= 15 is 0 Å². The van der Waals surface area contributed by atoms with Gasteiger partial charge in [-0.15, -0.1) is 0 Å². The minimum absolute atomic E-state index is 0.198. The molecule has 0 unspecified atom stereocenters. The van der Waals surface area contributed by atoms with E-state index in [0.717, 1.165) is 18.0 Å². The molecule has 1 heterocycles. The number of nitrogens with zero attached hydrogens (tertiary/aromatic N) is 3. The summed E-state index contributed by atoms with van der Waals surface area (Å²) < 4.78 is 6.63. The molecular weight excluding hydrogens is 214 g/mol. The predicted molar refractivity (Wildman–Crippen MR) is 57.6 cm³/mol. The minimum Gasteiger partial charge on any atom is -0.465 e. The van der Waals surface area contributed by atoms with Crippen LogP contribution in [0, 0.1) is 0 Å². The van der Waals surface area contributed by atoms with Gasteiger partial charge >= 0.3 is 5.97 Å². The van der Waals surface area contributed by atoms with E-state index in [-0.39, 0.29) is 11.7 Å². The number of aromatic nitrogens is 3. The molecule has 1 rings (SSSR count). The van der Waals surface area contributed by atoms with Gasteiger partial charge in [-0.3, -0.25) is 4.79 Å². The van der Waals surface area contributed by atoms with Gasteiger partial charge in [0.05, 0.1) is 12.4 Å².